The van der Waals surface area contributed by atoms with Crippen LogP contribution < -0.4 is 11.1 Å². The fourth-order valence-corrected chi connectivity index (χ4v) is 2.13. The molecule has 0 saturated carbocycles. The Bertz CT molecular complexity index is 700. The van der Waals surface area contributed by atoms with Gasteiger partial charge in [0, 0.05) is 6.07 Å². The van der Waals surface area contributed by atoms with Crippen LogP contribution in [-0.2, 0) is 4.79 Å². The molecule has 1 amide bonds. The summed E-state index contributed by atoms with van der Waals surface area (Å²) in [6.45, 7) is 5.27. The number of aromatic nitrogens is 4. The fraction of sp³-hybridized carbons (Fsp3) is 0.429. The van der Waals surface area contributed by atoms with E-state index in [4.69, 9.17) is 5.73 Å². The van der Waals surface area contributed by atoms with E-state index >= 15 is 0 Å². The largest absolute Gasteiger partial charge is 0.368 e. The maximum atomic E-state index is 13.1. The zero-order valence-corrected chi connectivity index (χ0v) is 13.0. The van der Waals surface area contributed by atoms with Crippen LogP contribution in [0.3, 0.4) is 0 Å². The van der Waals surface area contributed by atoms with Gasteiger partial charge in [0.15, 0.2) is 5.82 Å². The molecule has 9 heteroatoms. The van der Waals surface area contributed by atoms with Gasteiger partial charge in [-0.25, -0.2) is 23.4 Å². The number of rotatable bonds is 6. The number of nitrogens with zero attached hydrogens (tertiary/aromatic N) is 4. The smallest absolute Gasteiger partial charge is 0.280 e. The van der Waals surface area contributed by atoms with Gasteiger partial charge in [0.2, 0.25) is 5.91 Å². The highest BCUT2D eigenvalue weighted by molar-refractivity contribution is 5.82. The fourth-order valence-electron chi connectivity index (χ4n) is 2.13. The number of hydrogen-bond acceptors (Lipinski definition) is 5. The molecule has 0 aliphatic rings. The van der Waals surface area contributed by atoms with Crippen molar-refractivity contribution >= 4 is 11.7 Å². The van der Waals surface area contributed by atoms with Gasteiger partial charge in [0.1, 0.15) is 23.9 Å². The monoisotopic (exact) mass is 324 g/mol. The van der Waals surface area contributed by atoms with Crippen molar-refractivity contribution in [2.75, 3.05) is 5.32 Å². The Balaban J connectivity index is 2.35. The number of carbonyl (C=O) groups excluding carboxylic acids is 1. The molecule has 124 valence electrons. The highest BCUT2D eigenvalue weighted by atomic mass is 19.3. The third-order valence-electron chi connectivity index (χ3n) is 3.23. The van der Waals surface area contributed by atoms with Gasteiger partial charge in [-0.3, -0.25) is 4.79 Å². The predicted molar refractivity (Wildman–Crippen MR) is 80.3 cm³/mol. The van der Waals surface area contributed by atoms with Crippen molar-refractivity contribution in [3.63, 3.8) is 0 Å². The van der Waals surface area contributed by atoms with E-state index in [1.54, 1.807) is 6.92 Å². The Morgan fingerprint density at radius 3 is 2.57 bits per heavy atom. The number of aryl methyl sites for hydroxylation is 1. The highest BCUT2D eigenvalue weighted by Gasteiger charge is 2.21. The van der Waals surface area contributed by atoms with Crippen molar-refractivity contribution in [3.05, 3.63) is 29.8 Å². The van der Waals surface area contributed by atoms with Crippen LogP contribution in [0, 0.1) is 12.8 Å². The Kier molecular flexibility index (Phi) is 4.87. The van der Waals surface area contributed by atoms with Crippen LogP contribution in [0.25, 0.3) is 5.82 Å². The quantitative estimate of drug-likeness (QED) is 0.844. The second-order valence-corrected chi connectivity index (χ2v) is 5.45. The first-order chi connectivity index (χ1) is 10.8. The number of alkyl halides is 2. The lowest BCUT2D eigenvalue weighted by atomic mass is 10.0. The number of halogens is 2. The van der Waals surface area contributed by atoms with Crippen LogP contribution in [-0.4, -0.2) is 31.7 Å². The third kappa shape index (κ3) is 3.79. The molecule has 2 heterocycles. The Morgan fingerprint density at radius 2 is 2.00 bits per heavy atom. The van der Waals surface area contributed by atoms with Crippen molar-refractivity contribution in [1.29, 1.82) is 0 Å². The van der Waals surface area contributed by atoms with Gasteiger partial charge in [-0.05, 0) is 18.9 Å². The van der Waals surface area contributed by atoms with E-state index in [0.717, 1.165) is 4.68 Å². The first-order valence-corrected chi connectivity index (χ1v) is 7.02. The summed E-state index contributed by atoms with van der Waals surface area (Å²) >= 11 is 0. The highest BCUT2D eigenvalue weighted by Crippen LogP contribution is 2.23. The summed E-state index contributed by atoms with van der Waals surface area (Å²) in [5.41, 5.74) is 5.53. The summed E-state index contributed by atoms with van der Waals surface area (Å²) < 4.78 is 27.2. The molecule has 1 atom stereocenters. The zero-order chi connectivity index (χ0) is 17.1. The van der Waals surface area contributed by atoms with Crippen LogP contribution >= 0.6 is 0 Å². The first-order valence-electron chi connectivity index (χ1n) is 7.02. The van der Waals surface area contributed by atoms with E-state index in [0.29, 0.717) is 11.5 Å². The Hall–Kier alpha value is -2.58. The Labute approximate surface area is 131 Å². The normalized spacial score (nSPS) is 12.7. The van der Waals surface area contributed by atoms with Crippen molar-refractivity contribution < 1.29 is 13.6 Å². The van der Waals surface area contributed by atoms with Gasteiger partial charge in [0.25, 0.3) is 6.43 Å². The van der Waals surface area contributed by atoms with E-state index in [9.17, 15) is 13.6 Å². The topological polar surface area (TPSA) is 98.7 Å². The van der Waals surface area contributed by atoms with Gasteiger partial charge in [0.05, 0.1) is 5.69 Å². The molecule has 0 spiro atoms. The van der Waals surface area contributed by atoms with E-state index in [-0.39, 0.29) is 17.4 Å². The molecule has 0 bridgehead atoms. The SMILES string of the molecule is Cc1cc(C(F)F)n(-c2cc(NC(C(N)=O)C(C)C)ncn2)n1. The molecule has 1 unspecified atom stereocenters. The lowest BCUT2D eigenvalue weighted by molar-refractivity contribution is -0.119. The standard InChI is InChI=1S/C14H18F2N6O/c1-7(2)12(14(17)23)20-10-5-11(19-6-18-10)22-9(13(15)16)4-8(3)21-22/h4-7,12-13H,1-3H3,(H2,17,23)(H,18,19,20). The molecular weight excluding hydrogens is 306 g/mol. The summed E-state index contributed by atoms with van der Waals surface area (Å²) in [6.07, 6.45) is -1.47. The van der Waals surface area contributed by atoms with E-state index in [1.807, 2.05) is 13.8 Å². The lowest BCUT2D eigenvalue weighted by Gasteiger charge is -2.19. The molecule has 0 fully saturated rings. The van der Waals surface area contributed by atoms with Crippen molar-refractivity contribution in [3.8, 4) is 5.82 Å². The third-order valence-corrected chi connectivity index (χ3v) is 3.23. The molecule has 0 saturated heterocycles. The zero-order valence-electron chi connectivity index (χ0n) is 13.0. The molecule has 3 N–H and O–H groups in total. The maximum absolute atomic E-state index is 13.1. The van der Waals surface area contributed by atoms with Crippen molar-refractivity contribution in [1.82, 2.24) is 19.7 Å². The first kappa shape index (κ1) is 16.8. The molecule has 0 aliphatic heterocycles. The minimum Gasteiger partial charge on any atom is -0.368 e. The number of amides is 1. The summed E-state index contributed by atoms with van der Waals surface area (Å²) in [5.74, 6) is -0.100. The number of nitrogens with one attached hydrogen (secondary N) is 1. The second-order valence-electron chi connectivity index (χ2n) is 5.45. The lowest BCUT2D eigenvalue weighted by Crippen LogP contribution is -2.39. The summed E-state index contributed by atoms with van der Waals surface area (Å²) in [7, 11) is 0. The molecule has 0 aromatic carbocycles. The summed E-state index contributed by atoms with van der Waals surface area (Å²) in [5, 5.41) is 6.91. The number of carbonyl (C=O) groups is 1. The number of primary amides is 1. The molecule has 2 aromatic heterocycles. The van der Waals surface area contributed by atoms with Crippen LogP contribution in [0.2, 0.25) is 0 Å². The molecular formula is C14H18F2N6O. The van der Waals surface area contributed by atoms with Crippen LogP contribution in [0.15, 0.2) is 18.5 Å². The molecule has 0 aliphatic carbocycles. The van der Waals surface area contributed by atoms with E-state index in [1.165, 1.54) is 18.5 Å². The van der Waals surface area contributed by atoms with Crippen molar-refractivity contribution in [2.45, 2.75) is 33.2 Å². The van der Waals surface area contributed by atoms with Crippen LogP contribution in [0.5, 0.6) is 0 Å². The average molecular weight is 324 g/mol. The minimum atomic E-state index is -2.68. The molecule has 2 rings (SSSR count). The van der Waals surface area contributed by atoms with E-state index < -0.39 is 18.4 Å². The number of anilines is 1. The average Bonchev–Trinajstić information content (AvgIpc) is 2.87. The van der Waals surface area contributed by atoms with Gasteiger partial charge in [-0.15, -0.1) is 0 Å². The Morgan fingerprint density at radius 1 is 1.30 bits per heavy atom. The number of hydrogen-bond donors (Lipinski definition) is 2. The van der Waals surface area contributed by atoms with Gasteiger partial charge in [-0.2, -0.15) is 5.10 Å². The maximum Gasteiger partial charge on any atom is 0.280 e. The minimum absolute atomic E-state index is 0.0607. The summed E-state index contributed by atoms with van der Waals surface area (Å²) in [4.78, 5) is 19.4. The van der Waals surface area contributed by atoms with Gasteiger partial charge < -0.3 is 11.1 Å². The molecule has 0 radical (unpaired) electrons. The van der Waals surface area contributed by atoms with Crippen molar-refractivity contribution in [2.24, 2.45) is 11.7 Å². The van der Waals surface area contributed by atoms with Crippen LogP contribution in [0.4, 0.5) is 14.6 Å². The molecule has 23 heavy (non-hydrogen) atoms. The second kappa shape index (κ2) is 6.67. The molecule has 2 aromatic rings. The summed E-state index contributed by atoms with van der Waals surface area (Å²) in [6, 6.07) is 2.10. The van der Waals surface area contributed by atoms with Gasteiger partial charge >= 0.3 is 0 Å². The van der Waals surface area contributed by atoms with Gasteiger partial charge in [-0.1, -0.05) is 13.8 Å². The van der Waals surface area contributed by atoms with E-state index in [2.05, 4.69) is 20.4 Å². The molecule has 7 nitrogen and oxygen atoms in total. The van der Waals surface area contributed by atoms with Crippen LogP contribution in [0.1, 0.15) is 31.7 Å². The predicted octanol–water partition coefficient (Wildman–Crippen LogP) is 1.83. The number of nitrogens with two attached hydrogens (primary N) is 1.